The van der Waals surface area contributed by atoms with E-state index in [-0.39, 0.29) is 17.4 Å². The molecule has 0 aliphatic rings. The second-order valence-corrected chi connectivity index (χ2v) is 8.02. The number of fused-ring (bicyclic) bond motifs is 1. The van der Waals surface area contributed by atoms with Crippen molar-refractivity contribution < 1.29 is 18.3 Å². The lowest BCUT2D eigenvalue weighted by atomic mass is 10.0. The standard InChI is InChI=1S/C16H20N2O4S/c1-11(10-23(3,21)22)18(2)9-12-6-7-14(16(19)20)13-5-4-8-17-15(12)13/h4-8,11H,9-10H2,1-3H3,(H,19,20). The van der Waals surface area contributed by atoms with Gasteiger partial charge in [-0.2, -0.15) is 0 Å². The van der Waals surface area contributed by atoms with Crippen LogP contribution in [0.2, 0.25) is 0 Å². The number of carboxylic acid groups (broad SMARTS) is 1. The molecule has 0 aliphatic carbocycles. The number of pyridine rings is 1. The van der Waals surface area contributed by atoms with Crippen molar-refractivity contribution in [2.45, 2.75) is 19.5 Å². The summed E-state index contributed by atoms with van der Waals surface area (Å²) in [5.74, 6) is -0.921. The normalized spacial score (nSPS) is 13.4. The topological polar surface area (TPSA) is 87.6 Å². The molecule has 0 aliphatic heterocycles. The van der Waals surface area contributed by atoms with Crippen LogP contribution in [-0.4, -0.2) is 54.5 Å². The molecular formula is C16H20N2O4S. The summed E-state index contributed by atoms with van der Waals surface area (Å²) in [6, 6.07) is 6.59. The van der Waals surface area contributed by atoms with Crippen molar-refractivity contribution in [2.75, 3.05) is 19.1 Å². The van der Waals surface area contributed by atoms with E-state index in [0.29, 0.717) is 17.4 Å². The van der Waals surface area contributed by atoms with Crippen molar-refractivity contribution in [3.63, 3.8) is 0 Å². The Hall–Kier alpha value is -1.99. The molecule has 1 atom stereocenters. The van der Waals surface area contributed by atoms with Gasteiger partial charge in [-0.3, -0.25) is 9.88 Å². The Labute approximate surface area is 135 Å². The van der Waals surface area contributed by atoms with Gasteiger partial charge in [0.15, 0.2) is 0 Å². The zero-order valence-corrected chi connectivity index (χ0v) is 14.2. The minimum atomic E-state index is -3.06. The largest absolute Gasteiger partial charge is 0.478 e. The first-order valence-corrected chi connectivity index (χ1v) is 9.23. The first kappa shape index (κ1) is 17.4. The van der Waals surface area contributed by atoms with Crippen LogP contribution in [0.1, 0.15) is 22.8 Å². The van der Waals surface area contributed by atoms with E-state index in [9.17, 15) is 18.3 Å². The average Bonchev–Trinajstić information content (AvgIpc) is 2.45. The van der Waals surface area contributed by atoms with Gasteiger partial charge in [0, 0.05) is 30.4 Å². The van der Waals surface area contributed by atoms with E-state index in [1.807, 2.05) is 18.9 Å². The van der Waals surface area contributed by atoms with Gasteiger partial charge in [-0.15, -0.1) is 0 Å². The Balaban J connectivity index is 2.34. The van der Waals surface area contributed by atoms with Crippen molar-refractivity contribution in [1.29, 1.82) is 0 Å². The van der Waals surface area contributed by atoms with Crippen molar-refractivity contribution in [1.82, 2.24) is 9.88 Å². The van der Waals surface area contributed by atoms with Gasteiger partial charge in [0.05, 0.1) is 16.8 Å². The van der Waals surface area contributed by atoms with Gasteiger partial charge in [-0.05, 0) is 31.7 Å². The lowest BCUT2D eigenvalue weighted by Crippen LogP contribution is -2.34. The van der Waals surface area contributed by atoms with E-state index in [2.05, 4.69) is 4.98 Å². The van der Waals surface area contributed by atoms with Gasteiger partial charge in [0.2, 0.25) is 0 Å². The number of aromatic nitrogens is 1. The van der Waals surface area contributed by atoms with Crippen LogP contribution in [-0.2, 0) is 16.4 Å². The zero-order valence-electron chi connectivity index (χ0n) is 13.4. The lowest BCUT2D eigenvalue weighted by Gasteiger charge is -2.24. The Morgan fingerprint density at radius 3 is 2.65 bits per heavy atom. The first-order chi connectivity index (χ1) is 10.7. The molecule has 0 amide bonds. The molecule has 23 heavy (non-hydrogen) atoms. The van der Waals surface area contributed by atoms with Crippen molar-refractivity contribution in [3.05, 3.63) is 41.6 Å². The molecule has 0 spiro atoms. The summed E-state index contributed by atoms with van der Waals surface area (Å²) >= 11 is 0. The quantitative estimate of drug-likeness (QED) is 0.865. The van der Waals surface area contributed by atoms with Gasteiger partial charge < -0.3 is 5.11 Å². The minimum absolute atomic E-state index is 0.0715. The lowest BCUT2D eigenvalue weighted by molar-refractivity contribution is 0.0699. The number of hydrogen-bond donors (Lipinski definition) is 1. The number of sulfone groups is 1. The van der Waals surface area contributed by atoms with Crippen molar-refractivity contribution >= 4 is 26.7 Å². The summed E-state index contributed by atoms with van der Waals surface area (Å²) in [6.07, 6.45) is 2.84. The molecule has 1 aromatic carbocycles. The number of nitrogens with zero attached hydrogens (tertiary/aromatic N) is 2. The van der Waals surface area contributed by atoms with Crippen molar-refractivity contribution in [3.8, 4) is 0 Å². The highest BCUT2D eigenvalue weighted by Crippen LogP contribution is 2.22. The van der Waals surface area contributed by atoms with Crippen LogP contribution >= 0.6 is 0 Å². The number of aromatic carboxylic acids is 1. The molecule has 2 rings (SSSR count). The summed E-state index contributed by atoms with van der Waals surface area (Å²) in [4.78, 5) is 17.5. The Bertz CT molecular complexity index is 833. The predicted octanol–water partition coefficient (Wildman–Crippen LogP) is 1.80. The van der Waals surface area contributed by atoms with Gasteiger partial charge in [-0.1, -0.05) is 12.1 Å². The van der Waals surface area contributed by atoms with E-state index < -0.39 is 15.8 Å². The zero-order chi connectivity index (χ0) is 17.2. The second-order valence-electron chi connectivity index (χ2n) is 5.83. The Morgan fingerprint density at radius 2 is 2.04 bits per heavy atom. The second kappa shape index (κ2) is 6.64. The molecular weight excluding hydrogens is 316 g/mol. The molecule has 6 nitrogen and oxygen atoms in total. The van der Waals surface area contributed by atoms with Crippen LogP contribution in [0.3, 0.4) is 0 Å². The maximum absolute atomic E-state index is 11.4. The molecule has 1 N–H and O–H groups in total. The number of carbonyl (C=O) groups is 1. The van der Waals surface area contributed by atoms with Crippen LogP contribution < -0.4 is 0 Å². The highest BCUT2D eigenvalue weighted by atomic mass is 32.2. The molecule has 0 fully saturated rings. The van der Waals surface area contributed by atoms with Crippen LogP contribution in [0.25, 0.3) is 10.9 Å². The molecule has 2 aromatic rings. The maximum Gasteiger partial charge on any atom is 0.336 e. The van der Waals surface area contributed by atoms with Crippen molar-refractivity contribution in [2.24, 2.45) is 0 Å². The fraction of sp³-hybridized carbons (Fsp3) is 0.375. The average molecular weight is 336 g/mol. The van der Waals surface area contributed by atoms with Gasteiger partial charge in [-0.25, -0.2) is 13.2 Å². The van der Waals surface area contributed by atoms with Crippen LogP contribution in [0.5, 0.6) is 0 Å². The molecule has 7 heteroatoms. The number of carboxylic acids is 1. The fourth-order valence-electron chi connectivity index (χ4n) is 2.54. The molecule has 0 bridgehead atoms. The van der Waals surface area contributed by atoms with Crippen LogP contribution in [0, 0.1) is 0 Å². The predicted molar refractivity (Wildman–Crippen MR) is 89.3 cm³/mol. The van der Waals surface area contributed by atoms with Crippen LogP contribution in [0.4, 0.5) is 0 Å². The van der Waals surface area contributed by atoms with Gasteiger partial charge >= 0.3 is 5.97 Å². The molecule has 0 saturated heterocycles. The number of rotatable bonds is 6. The first-order valence-electron chi connectivity index (χ1n) is 7.17. The molecule has 124 valence electrons. The highest BCUT2D eigenvalue weighted by molar-refractivity contribution is 7.90. The summed E-state index contributed by atoms with van der Waals surface area (Å²) < 4.78 is 22.9. The highest BCUT2D eigenvalue weighted by Gasteiger charge is 2.18. The molecule has 0 saturated carbocycles. The van der Waals surface area contributed by atoms with E-state index in [1.165, 1.54) is 6.26 Å². The fourth-order valence-corrected chi connectivity index (χ4v) is 3.67. The maximum atomic E-state index is 11.4. The summed E-state index contributed by atoms with van der Waals surface area (Å²) in [5.41, 5.74) is 1.71. The molecule has 1 aromatic heterocycles. The van der Waals surface area contributed by atoms with E-state index in [0.717, 1.165) is 5.56 Å². The van der Waals surface area contributed by atoms with Crippen LogP contribution in [0.15, 0.2) is 30.5 Å². The third-order valence-corrected chi connectivity index (χ3v) is 4.89. The summed E-state index contributed by atoms with van der Waals surface area (Å²) in [7, 11) is -1.21. The molecule has 1 unspecified atom stereocenters. The number of hydrogen-bond acceptors (Lipinski definition) is 5. The van der Waals surface area contributed by atoms with E-state index in [4.69, 9.17) is 0 Å². The monoisotopic (exact) mass is 336 g/mol. The Kier molecular flexibility index (Phi) is 5.01. The SMILES string of the molecule is CC(CS(C)(=O)=O)N(C)Cc1ccc(C(=O)O)c2cccnc12. The summed E-state index contributed by atoms with van der Waals surface area (Å²) in [6.45, 7) is 2.34. The number of benzene rings is 1. The smallest absolute Gasteiger partial charge is 0.336 e. The molecule has 1 heterocycles. The third-order valence-electron chi connectivity index (χ3n) is 3.80. The Morgan fingerprint density at radius 1 is 1.35 bits per heavy atom. The van der Waals surface area contributed by atoms with E-state index >= 15 is 0 Å². The third kappa shape index (κ3) is 4.27. The van der Waals surface area contributed by atoms with Gasteiger partial charge in [0.1, 0.15) is 9.84 Å². The molecule has 0 radical (unpaired) electrons. The minimum Gasteiger partial charge on any atom is -0.478 e. The summed E-state index contributed by atoms with van der Waals surface area (Å²) in [5, 5.41) is 9.85. The van der Waals surface area contributed by atoms with E-state index in [1.54, 1.807) is 30.5 Å². The van der Waals surface area contributed by atoms with Gasteiger partial charge in [0.25, 0.3) is 0 Å².